The number of fused-ring (bicyclic) bond motifs is 2. The predicted octanol–water partition coefficient (Wildman–Crippen LogP) is 2.14. The number of amides is 1. The summed E-state index contributed by atoms with van der Waals surface area (Å²) in [5.74, 6) is 0.00227. The van der Waals surface area contributed by atoms with Crippen molar-refractivity contribution in [1.82, 2.24) is 19.4 Å². The fourth-order valence-electron chi connectivity index (χ4n) is 2.99. The third-order valence-electron chi connectivity index (χ3n) is 4.14. The van der Waals surface area contributed by atoms with E-state index < -0.39 is 0 Å². The molecule has 3 aromatic heterocycles. The van der Waals surface area contributed by atoms with Gasteiger partial charge in [0.05, 0.1) is 17.9 Å². The van der Waals surface area contributed by atoms with Crippen LogP contribution in [0, 0.1) is 13.8 Å². The Kier molecular flexibility index (Phi) is 2.79. The van der Waals surface area contributed by atoms with Gasteiger partial charge in [-0.05, 0) is 25.5 Å². The molecular formula is C16H16N4O2. The summed E-state index contributed by atoms with van der Waals surface area (Å²) in [4.78, 5) is 19.3. The van der Waals surface area contributed by atoms with Gasteiger partial charge in [-0.3, -0.25) is 9.20 Å². The number of hydrogen-bond donors (Lipinski definition) is 0. The summed E-state index contributed by atoms with van der Waals surface area (Å²) in [6.45, 7) is 5.07. The monoisotopic (exact) mass is 296 g/mol. The van der Waals surface area contributed by atoms with Crippen LogP contribution in [0.15, 0.2) is 29.1 Å². The number of nitrogens with zero attached hydrogens (tertiary/aromatic N) is 4. The van der Waals surface area contributed by atoms with Gasteiger partial charge < -0.3 is 9.42 Å². The second-order valence-corrected chi connectivity index (χ2v) is 5.74. The van der Waals surface area contributed by atoms with Crippen LogP contribution < -0.4 is 0 Å². The molecule has 1 aliphatic rings. The molecule has 0 aromatic carbocycles. The number of rotatable bonds is 1. The molecule has 6 nitrogen and oxygen atoms in total. The van der Waals surface area contributed by atoms with Gasteiger partial charge in [-0.2, -0.15) is 0 Å². The maximum absolute atomic E-state index is 13.0. The van der Waals surface area contributed by atoms with E-state index in [4.69, 9.17) is 4.52 Å². The lowest BCUT2D eigenvalue weighted by Crippen LogP contribution is -2.36. The molecule has 22 heavy (non-hydrogen) atoms. The largest absolute Gasteiger partial charge is 0.364 e. The summed E-state index contributed by atoms with van der Waals surface area (Å²) < 4.78 is 6.88. The van der Waals surface area contributed by atoms with Crippen LogP contribution in [0.25, 0.3) is 5.65 Å². The molecule has 112 valence electrons. The first-order valence-corrected chi connectivity index (χ1v) is 7.30. The van der Waals surface area contributed by atoms with E-state index in [1.54, 1.807) is 6.26 Å². The van der Waals surface area contributed by atoms with Gasteiger partial charge in [0.1, 0.15) is 17.6 Å². The second kappa shape index (κ2) is 4.69. The number of carbonyl (C=O) groups excluding carboxylic acids is 1. The van der Waals surface area contributed by atoms with Crippen LogP contribution in [0.4, 0.5) is 0 Å². The van der Waals surface area contributed by atoms with Crippen molar-refractivity contribution >= 4 is 11.6 Å². The molecule has 0 aliphatic carbocycles. The Hall–Kier alpha value is -2.63. The minimum Gasteiger partial charge on any atom is -0.364 e. The summed E-state index contributed by atoms with van der Waals surface area (Å²) in [5, 5.41) is 3.96. The lowest BCUT2D eigenvalue weighted by molar-refractivity contribution is 0.0726. The van der Waals surface area contributed by atoms with Crippen molar-refractivity contribution in [2.45, 2.75) is 26.8 Å². The maximum atomic E-state index is 13.0. The van der Waals surface area contributed by atoms with E-state index in [1.165, 1.54) is 0 Å². The molecule has 0 fully saturated rings. The molecular weight excluding hydrogens is 280 g/mol. The fraction of sp³-hybridized carbons (Fsp3) is 0.312. The Morgan fingerprint density at radius 1 is 1.32 bits per heavy atom. The highest BCUT2D eigenvalue weighted by Crippen LogP contribution is 2.21. The lowest BCUT2D eigenvalue weighted by Gasteiger charge is -2.25. The average Bonchev–Trinajstić information content (AvgIpc) is 3.08. The number of pyridine rings is 1. The highest BCUT2D eigenvalue weighted by molar-refractivity contribution is 5.94. The highest BCUT2D eigenvalue weighted by Gasteiger charge is 2.27. The second-order valence-electron chi connectivity index (χ2n) is 5.74. The lowest BCUT2D eigenvalue weighted by atomic mass is 10.1. The van der Waals surface area contributed by atoms with Crippen molar-refractivity contribution < 1.29 is 9.32 Å². The van der Waals surface area contributed by atoms with E-state index >= 15 is 0 Å². The van der Waals surface area contributed by atoms with Gasteiger partial charge in [-0.1, -0.05) is 11.2 Å². The maximum Gasteiger partial charge on any atom is 0.273 e. The minimum absolute atomic E-state index is 0.00227. The van der Waals surface area contributed by atoms with Crippen LogP contribution >= 0.6 is 0 Å². The molecule has 0 bridgehead atoms. The molecule has 4 rings (SSSR count). The average molecular weight is 296 g/mol. The first-order valence-electron chi connectivity index (χ1n) is 7.30. The van der Waals surface area contributed by atoms with Crippen LogP contribution in [0.1, 0.15) is 33.0 Å². The van der Waals surface area contributed by atoms with Crippen molar-refractivity contribution in [3.63, 3.8) is 0 Å². The Bertz CT molecular complexity index is 878. The normalized spacial score (nSPS) is 14.4. The summed E-state index contributed by atoms with van der Waals surface area (Å²) in [6.07, 6.45) is 4.31. The van der Waals surface area contributed by atoms with Crippen LogP contribution in [0.5, 0.6) is 0 Å². The van der Waals surface area contributed by atoms with E-state index in [9.17, 15) is 4.79 Å². The molecule has 0 radical (unpaired) electrons. The van der Waals surface area contributed by atoms with E-state index in [0.29, 0.717) is 18.8 Å². The van der Waals surface area contributed by atoms with Crippen LogP contribution in [-0.2, 0) is 13.0 Å². The molecule has 0 unspecified atom stereocenters. The number of aryl methyl sites for hydroxylation is 2. The van der Waals surface area contributed by atoms with E-state index in [0.717, 1.165) is 34.6 Å². The summed E-state index contributed by atoms with van der Waals surface area (Å²) >= 11 is 0. The van der Waals surface area contributed by atoms with Gasteiger partial charge in [0, 0.05) is 24.7 Å². The van der Waals surface area contributed by atoms with Crippen molar-refractivity contribution in [2.24, 2.45) is 0 Å². The number of imidazole rings is 1. The number of carbonyl (C=O) groups is 1. The Balaban J connectivity index is 1.74. The number of hydrogen-bond acceptors (Lipinski definition) is 4. The summed E-state index contributed by atoms with van der Waals surface area (Å²) in [6, 6.07) is 3.94. The van der Waals surface area contributed by atoms with Gasteiger partial charge >= 0.3 is 0 Å². The molecule has 0 spiro atoms. The quantitative estimate of drug-likeness (QED) is 0.690. The Morgan fingerprint density at radius 2 is 2.18 bits per heavy atom. The fourth-order valence-corrected chi connectivity index (χ4v) is 2.99. The Morgan fingerprint density at radius 3 is 3.05 bits per heavy atom. The van der Waals surface area contributed by atoms with Crippen molar-refractivity contribution in [3.05, 3.63) is 52.8 Å². The first kappa shape index (κ1) is 13.1. The van der Waals surface area contributed by atoms with E-state index in [-0.39, 0.29) is 5.91 Å². The zero-order valence-electron chi connectivity index (χ0n) is 12.5. The number of aromatic nitrogens is 3. The van der Waals surface area contributed by atoms with Crippen LogP contribution in [0.3, 0.4) is 0 Å². The molecule has 4 heterocycles. The van der Waals surface area contributed by atoms with E-state index in [2.05, 4.69) is 10.1 Å². The van der Waals surface area contributed by atoms with Gasteiger partial charge in [-0.25, -0.2) is 4.98 Å². The molecule has 0 atom stereocenters. The van der Waals surface area contributed by atoms with Crippen LogP contribution in [-0.4, -0.2) is 31.9 Å². The first-order chi connectivity index (χ1) is 10.6. The van der Waals surface area contributed by atoms with Crippen molar-refractivity contribution in [2.75, 3.05) is 6.54 Å². The van der Waals surface area contributed by atoms with Gasteiger partial charge in [0.15, 0.2) is 0 Å². The third-order valence-corrected chi connectivity index (χ3v) is 4.14. The molecule has 0 N–H and O–H groups in total. The van der Waals surface area contributed by atoms with Gasteiger partial charge in [0.25, 0.3) is 5.91 Å². The summed E-state index contributed by atoms with van der Waals surface area (Å²) in [5.41, 5.74) is 5.23. The smallest absolute Gasteiger partial charge is 0.273 e. The topological polar surface area (TPSA) is 63.6 Å². The van der Waals surface area contributed by atoms with Gasteiger partial charge in [0.2, 0.25) is 0 Å². The molecule has 3 aromatic rings. The molecule has 6 heteroatoms. The van der Waals surface area contributed by atoms with Crippen molar-refractivity contribution in [3.8, 4) is 0 Å². The van der Waals surface area contributed by atoms with E-state index in [1.807, 2.05) is 41.5 Å². The Labute approximate surface area is 127 Å². The van der Waals surface area contributed by atoms with Crippen molar-refractivity contribution in [1.29, 1.82) is 0 Å². The standard InChI is InChI=1S/C16H16N4O2/c1-10-3-4-14-17-11(2)15(20(14)7-10)16(21)19-6-5-13-12(8-19)9-22-18-13/h3-4,7,9H,5-6,8H2,1-2H3. The summed E-state index contributed by atoms with van der Waals surface area (Å²) in [7, 11) is 0. The highest BCUT2D eigenvalue weighted by atomic mass is 16.5. The van der Waals surface area contributed by atoms with Crippen LogP contribution in [0.2, 0.25) is 0 Å². The zero-order chi connectivity index (χ0) is 15.3. The SMILES string of the molecule is Cc1ccc2nc(C)c(C(=O)N3CCc4nocc4C3)n2c1. The molecule has 1 amide bonds. The molecule has 0 saturated carbocycles. The minimum atomic E-state index is 0.00227. The zero-order valence-corrected chi connectivity index (χ0v) is 12.5. The predicted molar refractivity (Wildman–Crippen MR) is 79.6 cm³/mol. The van der Waals surface area contributed by atoms with Gasteiger partial charge in [-0.15, -0.1) is 0 Å². The molecule has 0 saturated heterocycles. The third kappa shape index (κ3) is 1.91. The molecule has 1 aliphatic heterocycles.